The Balaban J connectivity index is 0.00000220. The fourth-order valence-electron chi connectivity index (χ4n) is 2.43. The van der Waals surface area contributed by atoms with E-state index in [4.69, 9.17) is 9.47 Å². The molecule has 1 heterocycles. The summed E-state index contributed by atoms with van der Waals surface area (Å²) in [5.74, 6) is 1.70. The number of halogens is 1. The van der Waals surface area contributed by atoms with E-state index in [0.29, 0.717) is 6.54 Å². The standard InChI is InChI=1S/C15H22N2O3.ClH/c1-19-12-5-6-14(20-2)11(10-12)7-9-17-15(18)13-4-3-8-16-13;/h5-6,10,13,16H,3-4,7-9H2,1-2H3,(H,17,18);1H. The van der Waals surface area contributed by atoms with Gasteiger partial charge < -0.3 is 20.1 Å². The fraction of sp³-hybridized carbons (Fsp3) is 0.533. The van der Waals surface area contributed by atoms with Crippen LogP contribution in [0.2, 0.25) is 0 Å². The smallest absolute Gasteiger partial charge is 0.237 e. The number of carbonyl (C=O) groups is 1. The third-order valence-corrected chi connectivity index (χ3v) is 3.56. The van der Waals surface area contributed by atoms with Crippen LogP contribution in [-0.4, -0.2) is 39.3 Å². The van der Waals surface area contributed by atoms with Gasteiger partial charge in [-0.2, -0.15) is 0 Å². The number of hydrogen-bond donors (Lipinski definition) is 2. The molecule has 1 saturated heterocycles. The zero-order valence-electron chi connectivity index (χ0n) is 12.5. The van der Waals surface area contributed by atoms with E-state index in [1.807, 2.05) is 18.2 Å². The highest BCUT2D eigenvalue weighted by atomic mass is 35.5. The molecule has 0 aromatic heterocycles. The SMILES string of the molecule is COc1ccc(OC)c(CCNC(=O)C2CCCN2)c1.Cl. The first-order chi connectivity index (χ1) is 9.74. The van der Waals surface area contributed by atoms with E-state index in [1.165, 1.54) is 0 Å². The molecule has 1 atom stereocenters. The van der Waals surface area contributed by atoms with Crippen LogP contribution in [0.15, 0.2) is 18.2 Å². The number of methoxy groups -OCH3 is 2. The number of rotatable bonds is 6. The van der Waals surface area contributed by atoms with Crippen molar-refractivity contribution >= 4 is 18.3 Å². The van der Waals surface area contributed by atoms with Crippen molar-refractivity contribution in [1.82, 2.24) is 10.6 Å². The molecule has 1 aromatic rings. The van der Waals surface area contributed by atoms with Crippen molar-refractivity contribution in [1.29, 1.82) is 0 Å². The van der Waals surface area contributed by atoms with E-state index in [-0.39, 0.29) is 24.4 Å². The Bertz CT molecular complexity index is 462. The zero-order valence-corrected chi connectivity index (χ0v) is 13.3. The molecular formula is C15H23ClN2O3. The molecule has 2 N–H and O–H groups in total. The van der Waals surface area contributed by atoms with E-state index in [9.17, 15) is 4.79 Å². The van der Waals surface area contributed by atoms with Crippen molar-refractivity contribution in [3.8, 4) is 11.5 Å². The van der Waals surface area contributed by atoms with Crippen molar-refractivity contribution in [2.75, 3.05) is 27.3 Å². The number of nitrogens with one attached hydrogen (secondary N) is 2. The molecule has 0 bridgehead atoms. The monoisotopic (exact) mass is 314 g/mol. The second-order valence-electron chi connectivity index (χ2n) is 4.87. The fourth-order valence-corrected chi connectivity index (χ4v) is 2.43. The topological polar surface area (TPSA) is 59.6 Å². The highest BCUT2D eigenvalue weighted by Crippen LogP contribution is 2.24. The predicted octanol–water partition coefficient (Wildman–Crippen LogP) is 1.54. The number of benzene rings is 1. The molecule has 5 nitrogen and oxygen atoms in total. The van der Waals surface area contributed by atoms with Gasteiger partial charge in [0.2, 0.25) is 5.91 Å². The van der Waals surface area contributed by atoms with Gasteiger partial charge in [-0.15, -0.1) is 12.4 Å². The van der Waals surface area contributed by atoms with E-state index >= 15 is 0 Å². The summed E-state index contributed by atoms with van der Waals surface area (Å²) in [6.45, 7) is 1.53. The number of ether oxygens (including phenoxy) is 2. The molecule has 21 heavy (non-hydrogen) atoms. The van der Waals surface area contributed by atoms with Gasteiger partial charge in [-0.25, -0.2) is 0 Å². The summed E-state index contributed by atoms with van der Waals surface area (Å²) in [6, 6.07) is 5.67. The Morgan fingerprint density at radius 3 is 2.81 bits per heavy atom. The molecule has 0 spiro atoms. The minimum atomic E-state index is -0.0257. The molecule has 1 aliphatic rings. The average molecular weight is 315 g/mol. The molecule has 0 radical (unpaired) electrons. The predicted molar refractivity (Wildman–Crippen MR) is 84.5 cm³/mol. The molecule has 1 amide bonds. The molecule has 1 unspecified atom stereocenters. The minimum absolute atomic E-state index is 0. The Morgan fingerprint density at radius 2 is 2.19 bits per heavy atom. The molecule has 6 heteroatoms. The largest absolute Gasteiger partial charge is 0.497 e. The second-order valence-corrected chi connectivity index (χ2v) is 4.87. The van der Waals surface area contributed by atoms with Gasteiger partial charge >= 0.3 is 0 Å². The summed E-state index contributed by atoms with van der Waals surface area (Å²) in [5.41, 5.74) is 1.03. The van der Waals surface area contributed by atoms with Crippen molar-refractivity contribution in [3.05, 3.63) is 23.8 Å². The van der Waals surface area contributed by atoms with E-state index in [0.717, 1.165) is 42.9 Å². The molecule has 0 saturated carbocycles. The van der Waals surface area contributed by atoms with Gasteiger partial charge in [0.05, 0.1) is 20.3 Å². The van der Waals surface area contributed by atoms with Gasteiger partial charge in [-0.3, -0.25) is 4.79 Å². The summed E-state index contributed by atoms with van der Waals surface area (Å²) in [7, 11) is 3.28. The van der Waals surface area contributed by atoms with Crippen molar-refractivity contribution in [2.45, 2.75) is 25.3 Å². The van der Waals surface area contributed by atoms with Gasteiger partial charge in [0.15, 0.2) is 0 Å². The molecule has 1 aliphatic heterocycles. The summed E-state index contributed by atoms with van der Waals surface area (Å²) in [6.07, 6.45) is 2.72. The minimum Gasteiger partial charge on any atom is -0.497 e. The van der Waals surface area contributed by atoms with Crippen LogP contribution in [0.1, 0.15) is 18.4 Å². The zero-order chi connectivity index (χ0) is 14.4. The van der Waals surface area contributed by atoms with Crippen molar-refractivity contribution in [2.24, 2.45) is 0 Å². The van der Waals surface area contributed by atoms with Gasteiger partial charge in [0.1, 0.15) is 11.5 Å². The lowest BCUT2D eigenvalue weighted by molar-refractivity contribution is -0.122. The first-order valence-electron chi connectivity index (χ1n) is 6.96. The first kappa shape index (κ1) is 17.6. The van der Waals surface area contributed by atoms with Gasteiger partial charge in [0.25, 0.3) is 0 Å². The Kier molecular flexibility index (Phi) is 7.32. The summed E-state index contributed by atoms with van der Waals surface area (Å²) in [4.78, 5) is 11.9. The summed E-state index contributed by atoms with van der Waals surface area (Å²) in [5, 5.41) is 6.15. The van der Waals surface area contributed by atoms with E-state index in [1.54, 1.807) is 14.2 Å². The van der Waals surface area contributed by atoms with Crippen LogP contribution in [0.5, 0.6) is 11.5 Å². The third kappa shape index (κ3) is 4.79. The van der Waals surface area contributed by atoms with Gasteiger partial charge in [-0.05, 0) is 49.6 Å². The number of carbonyl (C=O) groups excluding carboxylic acids is 1. The first-order valence-corrected chi connectivity index (χ1v) is 6.96. The Morgan fingerprint density at radius 1 is 1.38 bits per heavy atom. The lowest BCUT2D eigenvalue weighted by Gasteiger charge is -2.13. The molecule has 1 aromatic carbocycles. The van der Waals surface area contributed by atoms with Crippen LogP contribution < -0.4 is 20.1 Å². The van der Waals surface area contributed by atoms with Crippen LogP contribution >= 0.6 is 12.4 Å². The highest BCUT2D eigenvalue weighted by molar-refractivity contribution is 5.85. The van der Waals surface area contributed by atoms with Crippen LogP contribution in [0, 0.1) is 0 Å². The quantitative estimate of drug-likeness (QED) is 0.836. The third-order valence-electron chi connectivity index (χ3n) is 3.56. The Labute approximate surface area is 131 Å². The molecule has 2 rings (SSSR count). The molecular weight excluding hydrogens is 292 g/mol. The van der Waals surface area contributed by atoms with Crippen molar-refractivity contribution in [3.63, 3.8) is 0 Å². The van der Waals surface area contributed by atoms with Gasteiger partial charge in [-0.1, -0.05) is 0 Å². The summed E-state index contributed by atoms with van der Waals surface area (Å²) < 4.78 is 10.5. The maximum atomic E-state index is 11.9. The maximum absolute atomic E-state index is 11.9. The lowest BCUT2D eigenvalue weighted by atomic mass is 10.1. The van der Waals surface area contributed by atoms with Crippen LogP contribution in [-0.2, 0) is 11.2 Å². The average Bonchev–Trinajstić information content (AvgIpc) is 3.01. The number of hydrogen-bond acceptors (Lipinski definition) is 4. The van der Waals surface area contributed by atoms with Crippen LogP contribution in [0.3, 0.4) is 0 Å². The van der Waals surface area contributed by atoms with E-state index in [2.05, 4.69) is 10.6 Å². The Hall–Kier alpha value is -1.46. The van der Waals surface area contributed by atoms with E-state index < -0.39 is 0 Å². The molecule has 0 aliphatic carbocycles. The van der Waals surface area contributed by atoms with Crippen LogP contribution in [0.4, 0.5) is 0 Å². The number of amides is 1. The maximum Gasteiger partial charge on any atom is 0.237 e. The molecule has 1 fully saturated rings. The molecule has 118 valence electrons. The second kappa shape index (κ2) is 8.74. The normalized spacial score (nSPS) is 17.0. The van der Waals surface area contributed by atoms with Crippen molar-refractivity contribution < 1.29 is 14.3 Å². The van der Waals surface area contributed by atoms with Crippen LogP contribution in [0.25, 0.3) is 0 Å². The summed E-state index contributed by atoms with van der Waals surface area (Å²) >= 11 is 0. The highest BCUT2D eigenvalue weighted by Gasteiger charge is 2.21. The van der Waals surface area contributed by atoms with Gasteiger partial charge in [0, 0.05) is 6.54 Å². The lowest BCUT2D eigenvalue weighted by Crippen LogP contribution is -2.41.